The molecule has 0 fully saturated rings. The van der Waals surface area contributed by atoms with Crippen LogP contribution in [0.2, 0.25) is 0 Å². The molecule has 0 saturated carbocycles. The molecule has 0 unspecified atom stereocenters. The molecule has 0 spiro atoms. The van der Waals surface area contributed by atoms with E-state index in [0.29, 0.717) is 13.2 Å². The van der Waals surface area contributed by atoms with Gasteiger partial charge >= 0.3 is 0 Å². The average molecular weight is 161 g/mol. The number of nitrogens with one attached hydrogen (secondary N) is 1. The topological polar surface area (TPSA) is 41.5 Å². The Morgan fingerprint density at radius 3 is 2.45 bits per heavy atom. The van der Waals surface area contributed by atoms with Crippen molar-refractivity contribution in [1.82, 2.24) is 5.32 Å². The van der Waals surface area contributed by atoms with Crippen molar-refractivity contribution in [2.75, 3.05) is 26.9 Å². The Hall–Kier alpha value is -0.540. The highest BCUT2D eigenvalue weighted by Gasteiger charge is 1.87. The summed E-state index contributed by atoms with van der Waals surface area (Å²) in [5.41, 5.74) is 0.798. The van der Waals surface area contributed by atoms with Crippen molar-refractivity contribution in [3.63, 3.8) is 0 Å². The average Bonchev–Trinajstić information content (AvgIpc) is 2.05. The van der Waals surface area contributed by atoms with E-state index in [-0.39, 0.29) is 6.61 Å². The third kappa shape index (κ3) is 12.6. The largest absolute Gasteiger partial charge is 0.395 e. The monoisotopic (exact) mass is 161 g/mol. The van der Waals surface area contributed by atoms with Gasteiger partial charge in [-0.15, -0.1) is 0 Å². The van der Waals surface area contributed by atoms with Crippen LogP contribution in [0, 0.1) is 0 Å². The SMILES string of the molecule is C=C(COC)NCCO.CC. The highest BCUT2D eigenvalue weighted by atomic mass is 16.5. The van der Waals surface area contributed by atoms with Crippen molar-refractivity contribution in [2.45, 2.75) is 13.8 Å². The summed E-state index contributed by atoms with van der Waals surface area (Å²) in [4.78, 5) is 0. The lowest BCUT2D eigenvalue weighted by Crippen LogP contribution is -2.19. The van der Waals surface area contributed by atoms with Crippen LogP contribution in [-0.4, -0.2) is 32.0 Å². The van der Waals surface area contributed by atoms with Crippen LogP contribution in [0.5, 0.6) is 0 Å². The number of hydrogen-bond acceptors (Lipinski definition) is 3. The fourth-order valence-electron chi connectivity index (χ4n) is 0.458. The molecule has 0 radical (unpaired) electrons. The maximum atomic E-state index is 8.34. The smallest absolute Gasteiger partial charge is 0.0852 e. The number of ether oxygens (including phenoxy) is 1. The molecule has 0 rings (SSSR count). The molecule has 3 nitrogen and oxygen atoms in total. The minimum atomic E-state index is 0.128. The van der Waals surface area contributed by atoms with Crippen LogP contribution in [0.3, 0.4) is 0 Å². The zero-order chi connectivity index (χ0) is 9.11. The van der Waals surface area contributed by atoms with Crippen molar-refractivity contribution < 1.29 is 9.84 Å². The van der Waals surface area contributed by atoms with E-state index < -0.39 is 0 Å². The lowest BCUT2D eigenvalue weighted by Gasteiger charge is -2.05. The molecule has 11 heavy (non-hydrogen) atoms. The number of methoxy groups -OCH3 is 1. The summed E-state index contributed by atoms with van der Waals surface area (Å²) >= 11 is 0. The fraction of sp³-hybridized carbons (Fsp3) is 0.750. The minimum Gasteiger partial charge on any atom is -0.395 e. The summed E-state index contributed by atoms with van der Waals surface area (Å²) in [6.07, 6.45) is 0. The zero-order valence-corrected chi connectivity index (χ0v) is 7.68. The van der Waals surface area contributed by atoms with Crippen molar-refractivity contribution >= 4 is 0 Å². The third-order valence-electron chi connectivity index (χ3n) is 0.805. The van der Waals surface area contributed by atoms with E-state index >= 15 is 0 Å². The van der Waals surface area contributed by atoms with Crippen LogP contribution in [0.15, 0.2) is 12.3 Å². The number of hydrogen-bond donors (Lipinski definition) is 2. The molecule has 0 aromatic heterocycles. The molecule has 0 aliphatic rings. The lowest BCUT2D eigenvalue weighted by molar-refractivity contribution is 0.217. The predicted octanol–water partition coefficient (Wildman–Crippen LogP) is 0.755. The van der Waals surface area contributed by atoms with Gasteiger partial charge in [-0.05, 0) is 0 Å². The van der Waals surface area contributed by atoms with Gasteiger partial charge < -0.3 is 15.2 Å². The van der Waals surface area contributed by atoms with Crippen LogP contribution in [0.1, 0.15) is 13.8 Å². The predicted molar refractivity (Wildman–Crippen MR) is 47.5 cm³/mol. The van der Waals surface area contributed by atoms with E-state index in [4.69, 9.17) is 9.84 Å². The lowest BCUT2D eigenvalue weighted by atomic mass is 10.5. The molecular formula is C8H19NO2. The maximum absolute atomic E-state index is 8.34. The second-order valence-electron chi connectivity index (χ2n) is 1.69. The fourth-order valence-corrected chi connectivity index (χ4v) is 0.458. The van der Waals surface area contributed by atoms with E-state index in [0.717, 1.165) is 5.70 Å². The van der Waals surface area contributed by atoms with Crippen LogP contribution < -0.4 is 5.32 Å². The Morgan fingerprint density at radius 2 is 2.09 bits per heavy atom. The van der Waals surface area contributed by atoms with Gasteiger partial charge in [0.1, 0.15) is 0 Å². The Bertz CT molecular complexity index is 84.2. The molecule has 0 aromatic carbocycles. The van der Waals surface area contributed by atoms with Crippen molar-refractivity contribution in [1.29, 1.82) is 0 Å². The van der Waals surface area contributed by atoms with Gasteiger partial charge in [-0.25, -0.2) is 0 Å². The first-order valence-electron chi connectivity index (χ1n) is 3.82. The summed E-state index contributed by atoms with van der Waals surface area (Å²) in [5, 5.41) is 11.2. The van der Waals surface area contributed by atoms with Gasteiger partial charge in [0, 0.05) is 19.4 Å². The van der Waals surface area contributed by atoms with Gasteiger partial charge in [0.2, 0.25) is 0 Å². The van der Waals surface area contributed by atoms with Crippen molar-refractivity contribution in [2.24, 2.45) is 0 Å². The molecule has 0 aromatic rings. The molecule has 0 heterocycles. The van der Waals surface area contributed by atoms with Crippen molar-refractivity contribution in [3.8, 4) is 0 Å². The molecule has 0 bridgehead atoms. The zero-order valence-electron chi connectivity index (χ0n) is 7.68. The molecule has 0 aliphatic carbocycles. The summed E-state index contributed by atoms with van der Waals surface area (Å²) < 4.78 is 4.76. The van der Waals surface area contributed by atoms with Gasteiger partial charge in [-0.3, -0.25) is 0 Å². The Kier molecular flexibility index (Phi) is 14.5. The van der Waals surface area contributed by atoms with E-state index in [2.05, 4.69) is 11.9 Å². The minimum absolute atomic E-state index is 0.128. The van der Waals surface area contributed by atoms with E-state index in [1.54, 1.807) is 7.11 Å². The Morgan fingerprint density at radius 1 is 1.55 bits per heavy atom. The number of rotatable bonds is 5. The van der Waals surface area contributed by atoms with Gasteiger partial charge in [0.15, 0.2) is 0 Å². The first-order chi connectivity index (χ1) is 5.31. The molecule has 0 atom stereocenters. The molecule has 68 valence electrons. The highest BCUT2D eigenvalue weighted by molar-refractivity contribution is 4.90. The van der Waals surface area contributed by atoms with Gasteiger partial charge in [-0.2, -0.15) is 0 Å². The second-order valence-corrected chi connectivity index (χ2v) is 1.69. The molecular weight excluding hydrogens is 142 g/mol. The number of aliphatic hydroxyl groups excluding tert-OH is 1. The van der Waals surface area contributed by atoms with Crippen LogP contribution >= 0.6 is 0 Å². The summed E-state index contributed by atoms with van der Waals surface area (Å²) in [6.45, 7) is 8.81. The van der Waals surface area contributed by atoms with Crippen molar-refractivity contribution in [3.05, 3.63) is 12.3 Å². The van der Waals surface area contributed by atoms with E-state index in [1.807, 2.05) is 13.8 Å². The second kappa shape index (κ2) is 12.2. The van der Waals surface area contributed by atoms with E-state index in [9.17, 15) is 0 Å². The van der Waals surface area contributed by atoms with Gasteiger partial charge in [-0.1, -0.05) is 20.4 Å². The summed E-state index contributed by atoms with van der Waals surface area (Å²) in [6, 6.07) is 0. The first kappa shape index (κ1) is 13.1. The van der Waals surface area contributed by atoms with Crippen LogP contribution in [0.25, 0.3) is 0 Å². The van der Waals surface area contributed by atoms with Crippen LogP contribution in [0.4, 0.5) is 0 Å². The third-order valence-corrected chi connectivity index (χ3v) is 0.805. The maximum Gasteiger partial charge on any atom is 0.0852 e. The quantitative estimate of drug-likeness (QED) is 0.625. The van der Waals surface area contributed by atoms with Gasteiger partial charge in [0.25, 0.3) is 0 Å². The molecule has 3 heteroatoms. The van der Waals surface area contributed by atoms with Gasteiger partial charge in [0.05, 0.1) is 13.2 Å². The Balaban J connectivity index is 0. The molecule has 0 saturated heterocycles. The summed E-state index contributed by atoms with van der Waals surface area (Å²) in [5.74, 6) is 0. The van der Waals surface area contributed by atoms with E-state index in [1.165, 1.54) is 0 Å². The Labute approximate surface area is 69.1 Å². The summed E-state index contributed by atoms with van der Waals surface area (Å²) in [7, 11) is 1.60. The van der Waals surface area contributed by atoms with Crippen LogP contribution in [-0.2, 0) is 4.74 Å². The molecule has 2 N–H and O–H groups in total. The first-order valence-corrected chi connectivity index (χ1v) is 3.82. The molecule has 0 amide bonds. The highest BCUT2D eigenvalue weighted by Crippen LogP contribution is 1.81. The molecule has 0 aliphatic heterocycles. The number of aliphatic hydroxyl groups is 1. The standard InChI is InChI=1S/C6H13NO2.C2H6/c1-6(5-9-2)7-3-4-8;1-2/h7-8H,1,3-5H2,2H3;1-2H3. The normalized spacial score (nSPS) is 8.00.